The molecule has 2 aromatic heterocycles. The molecule has 0 unspecified atom stereocenters. The summed E-state index contributed by atoms with van der Waals surface area (Å²) in [5, 5.41) is 10.9. The summed E-state index contributed by atoms with van der Waals surface area (Å²) in [6.07, 6.45) is 2.57. The predicted octanol–water partition coefficient (Wildman–Crippen LogP) is 3.89. The summed E-state index contributed by atoms with van der Waals surface area (Å²) in [5.74, 6) is -0.0919. The van der Waals surface area contributed by atoms with E-state index in [1.54, 1.807) is 17.1 Å². The van der Waals surface area contributed by atoms with Gasteiger partial charge in [0.25, 0.3) is 6.43 Å². The van der Waals surface area contributed by atoms with Crippen LogP contribution in [0.1, 0.15) is 47.7 Å². The molecular formula is C20H21F2N5O. The Morgan fingerprint density at radius 2 is 2.04 bits per heavy atom. The number of benzene rings is 1. The van der Waals surface area contributed by atoms with Gasteiger partial charge in [-0.2, -0.15) is 10.2 Å². The van der Waals surface area contributed by atoms with Crippen LogP contribution in [0.2, 0.25) is 0 Å². The van der Waals surface area contributed by atoms with Crippen LogP contribution in [0.5, 0.6) is 0 Å². The number of carbonyl (C=O) groups excluding carboxylic acids is 1. The number of hydrogen-bond acceptors (Lipinski definition) is 3. The van der Waals surface area contributed by atoms with E-state index in [-0.39, 0.29) is 24.1 Å². The van der Waals surface area contributed by atoms with Crippen molar-refractivity contribution in [3.05, 3.63) is 65.2 Å². The van der Waals surface area contributed by atoms with Crippen LogP contribution in [0.4, 0.5) is 14.5 Å². The summed E-state index contributed by atoms with van der Waals surface area (Å²) in [7, 11) is 0. The van der Waals surface area contributed by atoms with Gasteiger partial charge in [-0.3, -0.25) is 14.2 Å². The molecule has 1 fully saturated rings. The molecule has 2 heterocycles. The quantitative estimate of drug-likeness (QED) is 0.671. The molecule has 0 spiro atoms. The zero-order chi connectivity index (χ0) is 19.7. The van der Waals surface area contributed by atoms with Crippen molar-refractivity contribution in [2.45, 2.75) is 45.2 Å². The number of anilines is 1. The summed E-state index contributed by atoms with van der Waals surface area (Å²) < 4.78 is 29.0. The number of alkyl halides is 2. The number of halogens is 2. The molecule has 0 bridgehead atoms. The lowest BCUT2D eigenvalue weighted by atomic mass is 10.1. The Labute approximate surface area is 161 Å². The molecular weight excluding hydrogens is 364 g/mol. The minimum absolute atomic E-state index is 0.0955. The zero-order valence-electron chi connectivity index (χ0n) is 15.5. The minimum atomic E-state index is -2.64. The van der Waals surface area contributed by atoms with E-state index in [0.717, 1.165) is 18.4 Å². The summed E-state index contributed by atoms with van der Waals surface area (Å²) in [5.41, 5.74) is 3.29. The van der Waals surface area contributed by atoms with Crippen LogP contribution in [-0.2, 0) is 17.9 Å². The van der Waals surface area contributed by atoms with Crippen LogP contribution in [0.3, 0.4) is 0 Å². The molecule has 1 aromatic carbocycles. The van der Waals surface area contributed by atoms with Crippen LogP contribution < -0.4 is 5.32 Å². The molecule has 1 aliphatic rings. The fourth-order valence-electron chi connectivity index (χ4n) is 3.12. The van der Waals surface area contributed by atoms with Crippen LogP contribution in [0.25, 0.3) is 0 Å². The number of nitrogens with zero attached hydrogens (tertiary/aromatic N) is 4. The highest BCUT2D eigenvalue weighted by molar-refractivity contribution is 5.90. The second-order valence-corrected chi connectivity index (χ2v) is 7.19. The van der Waals surface area contributed by atoms with Crippen LogP contribution >= 0.6 is 0 Å². The molecule has 6 nitrogen and oxygen atoms in total. The van der Waals surface area contributed by atoms with Gasteiger partial charge in [-0.1, -0.05) is 29.8 Å². The lowest BCUT2D eigenvalue weighted by molar-refractivity contribution is -0.117. The lowest BCUT2D eigenvalue weighted by Gasteiger charge is -2.06. The van der Waals surface area contributed by atoms with Crippen molar-refractivity contribution >= 4 is 11.6 Å². The first kappa shape index (κ1) is 18.3. The molecule has 4 rings (SSSR count). The molecule has 0 radical (unpaired) electrons. The molecule has 0 saturated heterocycles. The number of aryl methyl sites for hydroxylation is 1. The monoisotopic (exact) mass is 385 g/mol. The van der Waals surface area contributed by atoms with Crippen molar-refractivity contribution in [2.75, 3.05) is 5.32 Å². The maximum atomic E-state index is 12.9. The van der Waals surface area contributed by atoms with Gasteiger partial charge in [0.05, 0.1) is 18.4 Å². The van der Waals surface area contributed by atoms with Gasteiger partial charge in [0, 0.05) is 17.8 Å². The van der Waals surface area contributed by atoms with E-state index in [9.17, 15) is 13.6 Å². The van der Waals surface area contributed by atoms with Crippen LogP contribution in [0, 0.1) is 6.92 Å². The van der Waals surface area contributed by atoms with Gasteiger partial charge in [-0.15, -0.1) is 0 Å². The van der Waals surface area contributed by atoms with E-state index in [1.165, 1.54) is 16.3 Å². The maximum Gasteiger partial charge on any atom is 0.282 e. The van der Waals surface area contributed by atoms with E-state index in [2.05, 4.69) is 15.5 Å². The number of carbonyl (C=O) groups is 1. The summed E-state index contributed by atoms with van der Waals surface area (Å²) >= 11 is 0. The molecule has 1 saturated carbocycles. The van der Waals surface area contributed by atoms with Crippen LogP contribution in [0.15, 0.2) is 42.7 Å². The third-order valence-electron chi connectivity index (χ3n) is 4.72. The van der Waals surface area contributed by atoms with Gasteiger partial charge in [0.15, 0.2) is 0 Å². The van der Waals surface area contributed by atoms with Gasteiger partial charge < -0.3 is 5.32 Å². The molecule has 8 heteroatoms. The number of hydrogen-bond donors (Lipinski definition) is 1. The minimum Gasteiger partial charge on any atom is -0.322 e. The van der Waals surface area contributed by atoms with E-state index < -0.39 is 6.43 Å². The average Bonchev–Trinajstić information content (AvgIpc) is 3.27. The van der Waals surface area contributed by atoms with E-state index in [1.807, 2.05) is 31.2 Å². The Bertz CT molecular complexity index is 973. The van der Waals surface area contributed by atoms with Crippen molar-refractivity contribution in [3.8, 4) is 0 Å². The van der Waals surface area contributed by atoms with E-state index in [0.29, 0.717) is 17.9 Å². The molecule has 0 atom stereocenters. The molecule has 28 heavy (non-hydrogen) atoms. The Morgan fingerprint density at radius 1 is 1.29 bits per heavy atom. The highest BCUT2D eigenvalue weighted by atomic mass is 19.3. The number of rotatable bonds is 7. The topological polar surface area (TPSA) is 64.7 Å². The molecule has 146 valence electrons. The largest absolute Gasteiger partial charge is 0.322 e. The first-order valence-electron chi connectivity index (χ1n) is 9.21. The smallest absolute Gasteiger partial charge is 0.282 e. The summed E-state index contributed by atoms with van der Waals surface area (Å²) in [6, 6.07) is 9.56. The van der Waals surface area contributed by atoms with Crippen molar-refractivity contribution < 1.29 is 13.6 Å². The maximum absolute atomic E-state index is 12.9. The van der Waals surface area contributed by atoms with Gasteiger partial charge in [-0.05, 0) is 31.4 Å². The van der Waals surface area contributed by atoms with Crippen molar-refractivity contribution in [1.29, 1.82) is 0 Å². The molecule has 1 aliphatic carbocycles. The Kier molecular flexibility index (Phi) is 4.93. The zero-order valence-corrected chi connectivity index (χ0v) is 15.5. The highest BCUT2D eigenvalue weighted by Crippen LogP contribution is 2.41. The second-order valence-electron chi connectivity index (χ2n) is 7.19. The normalized spacial score (nSPS) is 13.9. The predicted molar refractivity (Wildman–Crippen MR) is 100 cm³/mol. The number of nitrogens with one attached hydrogen (secondary N) is 1. The van der Waals surface area contributed by atoms with Crippen LogP contribution in [-0.4, -0.2) is 25.5 Å². The average molecular weight is 385 g/mol. The summed E-state index contributed by atoms with van der Waals surface area (Å²) in [6.45, 7) is 2.53. The highest BCUT2D eigenvalue weighted by Gasteiger charge is 2.30. The molecule has 0 aliphatic heterocycles. The number of aromatic nitrogens is 4. The Morgan fingerprint density at radius 3 is 2.71 bits per heavy atom. The van der Waals surface area contributed by atoms with Gasteiger partial charge >= 0.3 is 0 Å². The lowest BCUT2D eigenvalue weighted by Crippen LogP contribution is -2.20. The van der Waals surface area contributed by atoms with Crippen molar-refractivity contribution in [2.24, 2.45) is 0 Å². The summed E-state index contributed by atoms with van der Waals surface area (Å²) in [4.78, 5) is 12.4. The fourth-order valence-corrected chi connectivity index (χ4v) is 3.12. The van der Waals surface area contributed by atoms with Crippen molar-refractivity contribution in [1.82, 2.24) is 19.6 Å². The molecule has 1 amide bonds. The third-order valence-corrected chi connectivity index (χ3v) is 4.72. The van der Waals surface area contributed by atoms with E-state index >= 15 is 0 Å². The Hall–Kier alpha value is -3.03. The van der Waals surface area contributed by atoms with Gasteiger partial charge in [0.1, 0.15) is 12.2 Å². The number of amides is 1. The first-order valence-corrected chi connectivity index (χ1v) is 9.21. The van der Waals surface area contributed by atoms with Gasteiger partial charge in [0.2, 0.25) is 5.91 Å². The SMILES string of the molecule is Cc1ccc(Cn2cc(NC(=O)Cn3nc(C(F)F)cc3C3CC3)cn2)cc1. The second kappa shape index (κ2) is 7.53. The van der Waals surface area contributed by atoms with E-state index in [4.69, 9.17) is 0 Å². The third kappa shape index (κ3) is 4.27. The molecule has 3 aromatic rings. The van der Waals surface area contributed by atoms with Gasteiger partial charge in [-0.25, -0.2) is 8.78 Å². The Balaban J connectivity index is 1.39. The standard InChI is InChI=1S/C20H21F2N5O/c1-13-2-4-14(5-3-13)10-26-11-16(9-23-26)24-19(28)12-27-18(15-6-7-15)8-17(25-27)20(21)22/h2-5,8-9,11,15,20H,6-7,10,12H2,1H3,(H,24,28). The fraction of sp³-hybridized carbons (Fsp3) is 0.350. The first-order chi connectivity index (χ1) is 13.5. The van der Waals surface area contributed by atoms with Crippen molar-refractivity contribution in [3.63, 3.8) is 0 Å². The molecule has 1 N–H and O–H groups in total.